The number of carbonyl (C=O) groups is 1. The molecule has 0 unspecified atom stereocenters. The summed E-state index contributed by atoms with van der Waals surface area (Å²) in [5.41, 5.74) is 4.40. The second-order valence-electron chi connectivity index (χ2n) is 6.75. The lowest BCUT2D eigenvalue weighted by Gasteiger charge is -2.08. The highest BCUT2D eigenvalue weighted by molar-refractivity contribution is 7.22. The molecule has 4 aromatic heterocycles. The van der Waals surface area contributed by atoms with Crippen LogP contribution in [0.25, 0.3) is 21.5 Å². The van der Waals surface area contributed by atoms with E-state index in [1.807, 2.05) is 71.4 Å². The molecule has 0 fully saturated rings. The number of amides is 1. The van der Waals surface area contributed by atoms with Crippen LogP contribution in [0.4, 0.5) is 5.13 Å². The number of hydrogen-bond donors (Lipinski definition) is 1. The normalized spacial score (nSPS) is 10.9. The predicted octanol–water partition coefficient (Wildman–Crippen LogP) is 4.86. The Hall–Kier alpha value is -3.84. The number of thiazole rings is 1. The highest BCUT2D eigenvalue weighted by Crippen LogP contribution is 2.29. The van der Waals surface area contributed by atoms with Gasteiger partial charge in [0.25, 0.3) is 5.91 Å². The third-order valence-corrected chi connectivity index (χ3v) is 5.68. The van der Waals surface area contributed by atoms with Gasteiger partial charge in [0.2, 0.25) is 0 Å². The van der Waals surface area contributed by atoms with Crippen LogP contribution in [0, 0.1) is 0 Å². The smallest absolute Gasteiger partial charge is 0.274 e. The van der Waals surface area contributed by atoms with Crippen LogP contribution in [-0.2, 0) is 6.54 Å². The number of aromatic nitrogens is 4. The van der Waals surface area contributed by atoms with E-state index in [1.54, 1.807) is 18.6 Å². The molecular weight excluding hydrogens is 394 g/mol. The van der Waals surface area contributed by atoms with E-state index in [9.17, 15) is 4.79 Å². The molecule has 146 valence electrons. The third-order valence-electron chi connectivity index (χ3n) is 4.73. The lowest BCUT2D eigenvalue weighted by atomic mass is 10.1. The summed E-state index contributed by atoms with van der Waals surface area (Å²) in [5, 5.41) is 3.51. The molecule has 0 saturated carbocycles. The number of hydrogen-bond acceptors (Lipinski definition) is 5. The van der Waals surface area contributed by atoms with Crippen molar-refractivity contribution in [1.29, 1.82) is 0 Å². The number of anilines is 1. The van der Waals surface area contributed by atoms with Crippen LogP contribution in [0.5, 0.6) is 0 Å². The number of nitrogens with one attached hydrogen (secondary N) is 1. The molecule has 1 aromatic carbocycles. The van der Waals surface area contributed by atoms with Crippen molar-refractivity contribution >= 4 is 32.6 Å². The average molecular weight is 411 g/mol. The van der Waals surface area contributed by atoms with Crippen LogP contribution in [0.1, 0.15) is 16.1 Å². The first-order valence-corrected chi connectivity index (χ1v) is 10.3. The lowest BCUT2D eigenvalue weighted by molar-refractivity contribution is 0.101. The molecule has 6 nitrogen and oxygen atoms in total. The van der Waals surface area contributed by atoms with E-state index in [2.05, 4.69) is 20.3 Å². The number of pyridine rings is 2. The van der Waals surface area contributed by atoms with E-state index >= 15 is 0 Å². The van der Waals surface area contributed by atoms with Gasteiger partial charge in [-0.25, -0.2) is 4.98 Å². The molecule has 0 aliphatic rings. The van der Waals surface area contributed by atoms with Gasteiger partial charge in [0.15, 0.2) is 5.13 Å². The topological polar surface area (TPSA) is 72.7 Å². The number of benzene rings is 1. The lowest BCUT2D eigenvalue weighted by Crippen LogP contribution is -2.17. The maximum Gasteiger partial charge on any atom is 0.274 e. The summed E-state index contributed by atoms with van der Waals surface area (Å²) in [6, 6.07) is 19.4. The summed E-state index contributed by atoms with van der Waals surface area (Å²) in [6.07, 6.45) is 7.16. The zero-order chi connectivity index (χ0) is 20.3. The van der Waals surface area contributed by atoms with Crippen LogP contribution < -0.4 is 5.32 Å². The van der Waals surface area contributed by atoms with Gasteiger partial charge in [-0.1, -0.05) is 23.5 Å². The Kier molecular flexibility index (Phi) is 4.78. The van der Waals surface area contributed by atoms with Gasteiger partial charge >= 0.3 is 0 Å². The Morgan fingerprint density at radius 2 is 1.90 bits per heavy atom. The summed E-state index contributed by atoms with van der Waals surface area (Å²) in [4.78, 5) is 25.9. The third kappa shape index (κ3) is 3.70. The number of nitrogens with zero attached hydrogens (tertiary/aromatic N) is 4. The van der Waals surface area contributed by atoms with Crippen molar-refractivity contribution in [3.63, 3.8) is 0 Å². The SMILES string of the molecule is O=C(Nc1nc2cc(-c3ccccn3)ccc2s1)c1cccn1Cc1ccncc1. The Balaban J connectivity index is 1.37. The van der Waals surface area contributed by atoms with Crippen molar-refractivity contribution in [2.75, 3.05) is 5.32 Å². The van der Waals surface area contributed by atoms with Crippen molar-refractivity contribution < 1.29 is 4.79 Å². The fraction of sp³-hybridized carbons (Fsp3) is 0.0435. The van der Waals surface area contributed by atoms with Gasteiger partial charge in [0.05, 0.1) is 15.9 Å². The molecular formula is C23H17N5OS. The summed E-state index contributed by atoms with van der Waals surface area (Å²) < 4.78 is 2.93. The van der Waals surface area contributed by atoms with Crippen LogP contribution in [0.3, 0.4) is 0 Å². The summed E-state index contributed by atoms with van der Waals surface area (Å²) in [5.74, 6) is -0.182. The highest BCUT2D eigenvalue weighted by atomic mass is 32.1. The monoisotopic (exact) mass is 411 g/mol. The fourth-order valence-corrected chi connectivity index (χ4v) is 4.12. The molecule has 0 saturated heterocycles. The van der Waals surface area contributed by atoms with Crippen molar-refractivity contribution in [3.05, 3.63) is 96.7 Å². The van der Waals surface area contributed by atoms with Crippen LogP contribution in [0.15, 0.2) is 85.5 Å². The molecule has 0 bridgehead atoms. The first kappa shape index (κ1) is 18.2. The largest absolute Gasteiger partial charge is 0.339 e. The van der Waals surface area contributed by atoms with Gasteiger partial charge in [-0.2, -0.15) is 0 Å². The van der Waals surface area contributed by atoms with E-state index in [0.717, 1.165) is 27.0 Å². The van der Waals surface area contributed by atoms with E-state index in [-0.39, 0.29) is 5.91 Å². The van der Waals surface area contributed by atoms with Crippen molar-refractivity contribution in [2.45, 2.75) is 6.54 Å². The molecule has 7 heteroatoms. The van der Waals surface area contributed by atoms with Crippen LogP contribution >= 0.6 is 11.3 Å². The molecule has 0 aliphatic heterocycles. The van der Waals surface area contributed by atoms with Gasteiger partial charge < -0.3 is 4.57 Å². The summed E-state index contributed by atoms with van der Waals surface area (Å²) >= 11 is 1.46. The minimum atomic E-state index is -0.182. The van der Waals surface area contributed by atoms with Crippen molar-refractivity contribution in [3.8, 4) is 11.3 Å². The first-order chi connectivity index (χ1) is 14.8. The van der Waals surface area contributed by atoms with Crippen molar-refractivity contribution in [2.24, 2.45) is 0 Å². The second kappa shape index (κ2) is 7.88. The van der Waals surface area contributed by atoms with Gasteiger partial charge in [0, 0.05) is 36.9 Å². The predicted molar refractivity (Wildman–Crippen MR) is 119 cm³/mol. The highest BCUT2D eigenvalue weighted by Gasteiger charge is 2.14. The zero-order valence-electron chi connectivity index (χ0n) is 15.9. The molecule has 5 rings (SSSR count). The van der Waals surface area contributed by atoms with Crippen LogP contribution in [0.2, 0.25) is 0 Å². The molecule has 1 amide bonds. The molecule has 0 radical (unpaired) electrons. The maximum absolute atomic E-state index is 12.9. The van der Waals surface area contributed by atoms with Gasteiger partial charge in [0.1, 0.15) is 5.69 Å². The molecule has 0 aliphatic carbocycles. The molecule has 4 heterocycles. The van der Waals surface area contributed by atoms with Gasteiger partial charge in [-0.3, -0.25) is 20.1 Å². The molecule has 0 spiro atoms. The quantitative estimate of drug-likeness (QED) is 0.448. The number of fused-ring (bicyclic) bond motifs is 1. The van der Waals surface area contributed by atoms with Crippen molar-refractivity contribution in [1.82, 2.24) is 19.5 Å². The molecule has 30 heavy (non-hydrogen) atoms. The Morgan fingerprint density at radius 3 is 2.73 bits per heavy atom. The Labute approximate surface area is 176 Å². The summed E-state index contributed by atoms with van der Waals surface area (Å²) in [6.45, 7) is 0.603. The minimum absolute atomic E-state index is 0.182. The van der Waals surface area contributed by atoms with Gasteiger partial charge in [-0.15, -0.1) is 0 Å². The van der Waals surface area contributed by atoms with Gasteiger partial charge in [-0.05, 0) is 54.1 Å². The fourth-order valence-electron chi connectivity index (χ4n) is 3.28. The van der Waals surface area contributed by atoms with E-state index in [4.69, 9.17) is 0 Å². The Bertz CT molecular complexity index is 1310. The van der Waals surface area contributed by atoms with Crippen LogP contribution in [-0.4, -0.2) is 25.4 Å². The van der Waals surface area contributed by atoms with E-state index in [1.165, 1.54) is 11.3 Å². The van der Waals surface area contributed by atoms with E-state index < -0.39 is 0 Å². The number of carbonyl (C=O) groups excluding carboxylic acids is 1. The molecule has 0 atom stereocenters. The molecule has 1 N–H and O–H groups in total. The zero-order valence-corrected chi connectivity index (χ0v) is 16.7. The molecule has 5 aromatic rings. The Morgan fingerprint density at radius 1 is 1.00 bits per heavy atom. The average Bonchev–Trinajstić information content (AvgIpc) is 3.41. The standard InChI is InChI=1S/C23H17N5OS/c29-22(20-5-3-13-28(20)15-16-8-11-24-12-9-16)27-23-26-19-14-17(6-7-21(19)30-23)18-4-1-2-10-25-18/h1-14H,15H2,(H,26,27,29). The van der Waals surface area contributed by atoms with E-state index in [0.29, 0.717) is 17.4 Å². The second-order valence-corrected chi connectivity index (χ2v) is 7.78. The first-order valence-electron chi connectivity index (χ1n) is 9.44. The minimum Gasteiger partial charge on any atom is -0.339 e. The number of rotatable bonds is 5. The maximum atomic E-state index is 12.9. The summed E-state index contributed by atoms with van der Waals surface area (Å²) in [7, 11) is 0.